The monoisotopic (exact) mass is 738 g/mol. The summed E-state index contributed by atoms with van der Waals surface area (Å²) in [7, 11) is -4.00. The molecule has 4 heterocycles. The maximum atomic E-state index is 13.4. The molecule has 2 aromatic carbocycles. The largest absolute Gasteiger partial charge is 0.465 e. The molecule has 17 heteroatoms. The van der Waals surface area contributed by atoms with E-state index in [1.165, 1.54) is 18.4 Å². The molecular weight excluding hydrogens is 724 g/mol. The van der Waals surface area contributed by atoms with Crippen molar-refractivity contribution in [1.29, 1.82) is 0 Å². The van der Waals surface area contributed by atoms with Crippen molar-refractivity contribution in [3.05, 3.63) is 115 Å². The van der Waals surface area contributed by atoms with Crippen LogP contribution in [-0.2, 0) is 14.8 Å². The van der Waals surface area contributed by atoms with Crippen LogP contribution in [0.1, 0.15) is 21.7 Å². The van der Waals surface area contributed by atoms with Gasteiger partial charge in [0.1, 0.15) is 9.97 Å². The fraction of sp³-hybridized carbons (Fsp3) is 0. The van der Waals surface area contributed by atoms with Crippen LogP contribution in [0.4, 0.5) is 5.69 Å². The molecule has 7 rings (SSSR count). The van der Waals surface area contributed by atoms with Crippen LogP contribution in [0.2, 0.25) is 10.0 Å². The number of thioether (sulfide) groups is 2. The fourth-order valence-electron chi connectivity index (χ4n) is 4.46. The number of ketones is 1. The summed E-state index contributed by atoms with van der Waals surface area (Å²) in [6.07, 6.45) is 4.53. The third kappa shape index (κ3) is 6.37. The van der Waals surface area contributed by atoms with E-state index in [2.05, 4.69) is 29.9 Å². The number of thiophene rings is 1. The van der Waals surface area contributed by atoms with Crippen molar-refractivity contribution in [3.8, 4) is 11.4 Å². The van der Waals surface area contributed by atoms with Gasteiger partial charge >= 0.3 is 0 Å². The van der Waals surface area contributed by atoms with Gasteiger partial charge in [0.15, 0.2) is 11.0 Å². The van der Waals surface area contributed by atoms with E-state index in [4.69, 9.17) is 27.6 Å². The molecule has 0 unspecified atom stereocenters. The molecule has 1 amide bonds. The Morgan fingerprint density at radius 1 is 0.979 bits per heavy atom. The Morgan fingerprint density at radius 3 is 2.57 bits per heavy atom. The van der Waals surface area contributed by atoms with Crippen molar-refractivity contribution >= 4 is 102 Å². The molecule has 0 saturated heterocycles. The van der Waals surface area contributed by atoms with E-state index in [9.17, 15) is 18.0 Å². The van der Waals surface area contributed by atoms with Crippen molar-refractivity contribution in [2.45, 2.75) is 9.37 Å². The molecule has 1 aliphatic heterocycles. The lowest BCUT2D eigenvalue weighted by Crippen LogP contribution is -2.17. The molecule has 1 aliphatic carbocycles. The number of H-pyrrole nitrogens is 1. The summed E-state index contributed by atoms with van der Waals surface area (Å²) in [5, 5.41) is 12.5. The standard InChI is InChI=1S/C30H16Cl2N6O5S4/c31-24-18(9-10-19(25(24)32)33-29-35-28(40)22(46-29)13-15-5-3-11-43-15)27-34-30(37-36-27)45-21-14-20(16-6-1-2-7-17(16)26(21)39)38-47(41,42)23-8-4-12-44-23/h1-14H,(H,33,35,40)(H,34,36,37)/b22-13+,38-20?. The first-order valence-corrected chi connectivity index (χ1v) is 18.0. The van der Waals surface area contributed by atoms with Crippen molar-refractivity contribution in [3.63, 3.8) is 0 Å². The number of hydrogen-bond acceptors (Lipinski definition) is 11. The molecule has 2 N–H and O–H groups in total. The molecule has 0 fully saturated rings. The summed E-state index contributed by atoms with van der Waals surface area (Å²) >= 11 is 16.4. The molecule has 0 spiro atoms. The van der Waals surface area contributed by atoms with Crippen molar-refractivity contribution < 1.29 is 22.4 Å². The molecule has 3 aromatic heterocycles. The number of anilines is 1. The number of rotatable bonds is 7. The van der Waals surface area contributed by atoms with Gasteiger partial charge in [-0.15, -0.1) is 16.4 Å². The highest BCUT2D eigenvalue weighted by molar-refractivity contribution is 8.18. The number of Topliss-reactive ketones (excluding diaryl/α,β-unsaturated/α-hetero) is 1. The molecule has 11 nitrogen and oxygen atoms in total. The highest BCUT2D eigenvalue weighted by atomic mass is 35.5. The predicted octanol–water partition coefficient (Wildman–Crippen LogP) is 7.57. The minimum Gasteiger partial charge on any atom is -0.465 e. The second-order valence-electron chi connectivity index (χ2n) is 9.60. The van der Waals surface area contributed by atoms with Crippen molar-refractivity contribution in [1.82, 2.24) is 15.2 Å². The van der Waals surface area contributed by atoms with Gasteiger partial charge in [0.05, 0.1) is 37.5 Å². The number of nitrogens with one attached hydrogen (secondary N) is 2. The molecule has 0 radical (unpaired) electrons. The average Bonchev–Trinajstić information content (AvgIpc) is 3.88. The van der Waals surface area contributed by atoms with E-state index in [-0.39, 0.29) is 41.6 Å². The molecule has 5 aromatic rings. The second kappa shape index (κ2) is 12.7. The van der Waals surface area contributed by atoms with Gasteiger partial charge in [-0.1, -0.05) is 53.5 Å². The molecule has 0 atom stereocenters. The molecule has 0 saturated carbocycles. The summed E-state index contributed by atoms with van der Waals surface area (Å²) in [5.41, 5.74) is 1.68. The Bertz CT molecular complexity index is 2310. The van der Waals surface area contributed by atoms with Gasteiger partial charge in [-0.25, -0.2) is 4.98 Å². The first-order chi connectivity index (χ1) is 22.7. The molecular formula is C30H16Cl2N6O5S4. The Labute approximate surface area is 289 Å². The topological polar surface area (TPSA) is 160 Å². The van der Waals surface area contributed by atoms with Crippen LogP contribution in [0.15, 0.2) is 111 Å². The maximum Gasteiger partial charge on any atom is 0.292 e. The number of amidine groups is 1. The lowest BCUT2D eigenvalue weighted by Gasteiger charge is -2.16. The van der Waals surface area contributed by atoms with Crippen molar-refractivity contribution in [2.24, 2.45) is 9.39 Å². The van der Waals surface area contributed by atoms with E-state index in [0.29, 0.717) is 38.2 Å². The smallest absolute Gasteiger partial charge is 0.292 e. The Morgan fingerprint density at radius 2 is 1.81 bits per heavy atom. The zero-order valence-corrected chi connectivity index (χ0v) is 28.1. The molecule has 0 bridgehead atoms. The van der Waals surface area contributed by atoms with Crippen LogP contribution in [0.25, 0.3) is 17.5 Å². The van der Waals surface area contributed by atoms with Gasteiger partial charge in [0.2, 0.25) is 10.9 Å². The zero-order chi connectivity index (χ0) is 32.7. The highest BCUT2D eigenvalue weighted by Gasteiger charge is 2.28. The van der Waals surface area contributed by atoms with Gasteiger partial charge < -0.3 is 9.73 Å². The summed E-state index contributed by atoms with van der Waals surface area (Å²) in [5.74, 6) is 0.0546. The SMILES string of the molecule is O=C1N=C(Nc2ccc(-c3nc(SC4=CC(=NS(=O)(=O)c5cccs5)c5ccccc5C4=O)n[nH]3)c(Cl)c2Cl)S/C1=C/c1ccco1. The van der Waals surface area contributed by atoms with Crippen LogP contribution in [0.3, 0.4) is 0 Å². The van der Waals surface area contributed by atoms with Crippen LogP contribution in [0.5, 0.6) is 0 Å². The molecule has 2 aliphatic rings. The van der Waals surface area contributed by atoms with E-state index in [1.54, 1.807) is 66.1 Å². The van der Waals surface area contributed by atoms with Gasteiger partial charge in [-0.3, -0.25) is 14.7 Å². The number of aliphatic imine (C=N–C) groups is 1. The number of aromatic amines is 1. The molecule has 47 heavy (non-hydrogen) atoms. The Kier molecular flexibility index (Phi) is 8.50. The summed E-state index contributed by atoms with van der Waals surface area (Å²) in [6.45, 7) is 0. The number of halogens is 2. The number of sulfonamides is 1. The van der Waals surface area contributed by atoms with E-state index in [1.807, 2.05) is 0 Å². The number of fused-ring (bicyclic) bond motifs is 1. The lowest BCUT2D eigenvalue weighted by atomic mass is 9.94. The number of carbonyl (C=O) groups excluding carboxylic acids is 2. The fourth-order valence-corrected chi connectivity index (χ4v) is 8.50. The van der Waals surface area contributed by atoms with E-state index in [0.717, 1.165) is 34.9 Å². The van der Waals surface area contributed by atoms with Gasteiger partial charge in [-0.2, -0.15) is 17.8 Å². The van der Waals surface area contributed by atoms with Crippen LogP contribution in [0, 0.1) is 0 Å². The van der Waals surface area contributed by atoms with Crippen molar-refractivity contribution in [2.75, 3.05) is 5.32 Å². The van der Waals surface area contributed by atoms with E-state index < -0.39 is 15.9 Å². The summed E-state index contributed by atoms with van der Waals surface area (Å²) in [6, 6.07) is 16.5. The third-order valence-corrected chi connectivity index (χ3v) is 11.9. The van der Waals surface area contributed by atoms with Gasteiger partial charge in [0, 0.05) is 22.8 Å². The number of benzene rings is 2. The quantitative estimate of drug-likeness (QED) is 0.160. The Balaban J connectivity index is 1.12. The number of aromatic nitrogens is 3. The molecule has 234 valence electrons. The van der Waals surface area contributed by atoms with Gasteiger partial charge in [-0.05, 0) is 65.3 Å². The van der Waals surface area contributed by atoms with Crippen LogP contribution in [-0.4, -0.2) is 46.2 Å². The average molecular weight is 740 g/mol. The number of amides is 1. The normalized spacial score (nSPS) is 16.5. The predicted molar refractivity (Wildman–Crippen MR) is 185 cm³/mol. The second-order valence-corrected chi connectivity index (χ2v) is 15.2. The van der Waals surface area contributed by atoms with Crippen LogP contribution < -0.4 is 5.32 Å². The van der Waals surface area contributed by atoms with Crippen LogP contribution >= 0.6 is 58.1 Å². The maximum absolute atomic E-state index is 13.4. The Hall–Kier alpha value is -4.25. The number of carbonyl (C=O) groups is 2. The number of allylic oxidation sites excluding steroid dienone is 2. The van der Waals surface area contributed by atoms with Gasteiger partial charge in [0.25, 0.3) is 15.9 Å². The summed E-state index contributed by atoms with van der Waals surface area (Å²) in [4.78, 5) is 34.8. The zero-order valence-electron chi connectivity index (χ0n) is 23.3. The first kappa shape index (κ1) is 31.4. The number of nitrogens with zero attached hydrogens (tertiary/aromatic N) is 4. The highest BCUT2D eigenvalue weighted by Crippen LogP contribution is 2.40. The minimum absolute atomic E-state index is 0.0903. The number of furan rings is 1. The summed E-state index contributed by atoms with van der Waals surface area (Å²) < 4.78 is 35.3. The lowest BCUT2D eigenvalue weighted by molar-refractivity contribution is -0.113. The minimum atomic E-state index is -4.00. The third-order valence-electron chi connectivity index (χ3n) is 6.59. The first-order valence-electron chi connectivity index (χ1n) is 13.3. The number of hydrogen-bond donors (Lipinski definition) is 2. The van der Waals surface area contributed by atoms with E-state index >= 15 is 0 Å².